The van der Waals surface area contributed by atoms with Crippen molar-refractivity contribution in [3.05, 3.63) is 60.5 Å². The molecule has 120 valence electrons. The highest BCUT2D eigenvalue weighted by Crippen LogP contribution is 2.04. The maximum absolute atomic E-state index is 11.6. The van der Waals surface area contributed by atoms with Gasteiger partial charge in [0.1, 0.15) is 24.2 Å². The molecule has 0 saturated carbocycles. The van der Waals surface area contributed by atoms with Gasteiger partial charge in [0.05, 0.1) is 12.5 Å². The van der Waals surface area contributed by atoms with Gasteiger partial charge in [-0.1, -0.05) is 0 Å². The van der Waals surface area contributed by atoms with E-state index in [0.29, 0.717) is 11.5 Å². The van der Waals surface area contributed by atoms with E-state index in [0.717, 1.165) is 0 Å². The Bertz CT molecular complexity index is 664. The van der Waals surface area contributed by atoms with Crippen LogP contribution in [0, 0.1) is 0 Å². The summed E-state index contributed by atoms with van der Waals surface area (Å²) < 4.78 is 20.1. The van der Waals surface area contributed by atoms with Crippen molar-refractivity contribution in [1.82, 2.24) is 0 Å². The topological polar surface area (TPSA) is 78.9 Å². The minimum Gasteiger partial charge on any atom is -0.465 e. The lowest BCUT2D eigenvalue weighted by Gasteiger charge is -2.11. The van der Waals surface area contributed by atoms with Crippen LogP contribution >= 0.6 is 0 Å². The third-order valence-electron chi connectivity index (χ3n) is 2.63. The first-order valence-electron chi connectivity index (χ1n) is 6.94. The first kappa shape index (κ1) is 16.4. The van der Waals surface area contributed by atoms with Crippen molar-refractivity contribution in [2.45, 2.75) is 13.0 Å². The molecule has 2 aromatic rings. The molecule has 0 aliphatic heterocycles. The van der Waals surface area contributed by atoms with Gasteiger partial charge in [-0.05, 0) is 43.3 Å². The normalized spacial score (nSPS) is 12.6. The van der Waals surface area contributed by atoms with E-state index in [-0.39, 0.29) is 6.61 Å². The molecule has 0 aromatic carbocycles. The molecule has 1 unspecified atom stereocenters. The van der Waals surface area contributed by atoms with Crippen LogP contribution in [0.5, 0.6) is 0 Å². The number of furan rings is 2. The average Bonchev–Trinajstić information content (AvgIpc) is 3.22. The van der Waals surface area contributed by atoms with Crippen molar-refractivity contribution in [3.8, 4) is 0 Å². The second-order valence-corrected chi connectivity index (χ2v) is 4.58. The monoisotopic (exact) mass is 316 g/mol. The van der Waals surface area contributed by atoms with E-state index in [4.69, 9.17) is 18.3 Å². The molecular weight excluding hydrogens is 300 g/mol. The van der Waals surface area contributed by atoms with E-state index in [1.54, 1.807) is 31.2 Å². The van der Waals surface area contributed by atoms with Gasteiger partial charge in [-0.3, -0.25) is 0 Å². The van der Waals surface area contributed by atoms with Crippen molar-refractivity contribution in [2.75, 3.05) is 6.61 Å². The molecule has 0 saturated heterocycles. The molecule has 0 aliphatic rings. The Hall–Kier alpha value is -3.02. The molecule has 0 fully saturated rings. The van der Waals surface area contributed by atoms with Gasteiger partial charge < -0.3 is 18.3 Å². The summed E-state index contributed by atoms with van der Waals surface area (Å²) in [4.78, 5) is 23.0. The Kier molecular flexibility index (Phi) is 5.99. The zero-order valence-electron chi connectivity index (χ0n) is 12.5. The molecule has 0 bridgehead atoms. The molecular formula is C17H16O6. The molecule has 0 spiro atoms. The fourth-order valence-corrected chi connectivity index (χ4v) is 1.59. The molecule has 2 heterocycles. The van der Waals surface area contributed by atoms with Crippen LogP contribution in [0.3, 0.4) is 0 Å². The molecule has 6 nitrogen and oxygen atoms in total. The summed E-state index contributed by atoms with van der Waals surface area (Å²) >= 11 is 0. The largest absolute Gasteiger partial charge is 0.465 e. The highest BCUT2D eigenvalue weighted by Gasteiger charge is 2.09. The summed E-state index contributed by atoms with van der Waals surface area (Å²) in [6.07, 6.45) is 7.91. The number of rotatable bonds is 7. The maximum atomic E-state index is 11.6. The Morgan fingerprint density at radius 2 is 1.61 bits per heavy atom. The summed E-state index contributed by atoms with van der Waals surface area (Å²) in [6.45, 7) is 1.59. The SMILES string of the molecule is CC(COC(=O)C=Cc1ccco1)OC(=O)C=Cc1ccco1. The fraction of sp³-hybridized carbons (Fsp3) is 0.176. The number of carbonyl (C=O) groups is 2. The Morgan fingerprint density at radius 1 is 1.04 bits per heavy atom. The van der Waals surface area contributed by atoms with Crippen LogP contribution in [0.4, 0.5) is 0 Å². The first-order valence-corrected chi connectivity index (χ1v) is 6.94. The zero-order valence-corrected chi connectivity index (χ0v) is 12.5. The third kappa shape index (κ3) is 6.09. The van der Waals surface area contributed by atoms with Crippen LogP contribution in [0.1, 0.15) is 18.4 Å². The van der Waals surface area contributed by atoms with Crippen molar-refractivity contribution >= 4 is 24.1 Å². The van der Waals surface area contributed by atoms with E-state index >= 15 is 0 Å². The minimum atomic E-state index is -0.565. The van der Waals surface area contributed by atoms with Crippen molar-refractivity contribution < 1.29 is 27.9 Å². The van der Waals surface area contributed by atoms with Gasteiger partial charge in [0.2, 0.25) is 0 Å². The molecule has 0 amide bonds. The van der Waals surface area contributed by atoms with Crippen LogP contribution in [0.2, 0.25) is 0 Å². The predicted molar refractivity (Wildman–Crippen MR) is 82.0 cm³/mol. The molecule has 2 aromatic heterocycles. The standard InChI is InChI=1S/C17H16O6/c1-13(23-17(19)9-7-15-5-3-11-21-15)12-22-16(18)8-6-14-4-2-10-20-14/h2-11,13H,12H2,1H3. The van der Waals surface area contributed by atoms with Crippen LogP contribution in [-0.2, 0) is 19.1 Å². The van der Waals surface area contributed by atoms with Crippen molar-refractivity contribution in [1.29, 1.82) is 0 Å². The molecule has 0 N–H and O–H groups in total. The van der Waals surface area contributed by atoms with Gasteiger partial charge in [0, 0.05) is 12.2 Å². The van der Waals surface area contributed by atoms with E-state index < -0.39 is 18.0 Å². The highest BCUT2D eigenvalue weighted by atomic mass is 16.6. The number of hydrogen-bond donors (Lipinski definition) is 0. The van der Waals surface area contributed by atoms with Gasteiger partial charge in [0.15, 0.2) is 0 Å². The molecule has 23 heavy (non-hydrogen) atoms. The predicted octanol–water partition coefficient (Wildman–Crippen LogP) is 3.07. The Labute approximate surface area is 133 Å². The van der Waals surface area contributed by atoms with E-state index in [2.05, 4.69) is 0 Å². The van der Waals surface area contributed by atoms with Crippen LogP contribution in [0.15, 0.2) is 57.8 Å². The van der Waals surface area contributed by atoms with Crippen molar-refractivity contribution in [2.24, 2.45) is 0 Å². The van der Waals surface area contributed by atoms with Gasteiger partial charge >= 0.3 is 11.9 Å². The van der Waals surface area contributed by atoms with Gasteiger partial charge in [-0.2, -0.15) is 0 Å². The summed E-state index contributed by atoms with van der Waals surface area (Å²) in [5, 5.41) is 0. The molecule has 0 radical (unpaired) electrons. The quantitative estimate of drug-likeness (QED) is 0.577. The first-order chi connectivity index (χ1) is 11.1. The number of carbonyl (C=O) groups excluding carboxylic acids is 2. The molecule has 1 atom stereocenters. The van der Waals surface area contributed by atoms with Crippen LogP contribution in [-0.4, -0.2) is 24.6 Å². The minimum absolute atomic E-state index is 0.0400. The average molecular weight is 316 g/mol. The molecule has 2 rings (SSSR count). The van der Waals surface area contributed by atoms with Gasteiger partial charge in [-0.15, -0.1) is 0 Å². The Balaban J connectivity index is 1.69. The summed E-state index contributed by atoms with van der Waals surface area (Å²) in [5.74, 6) is 0.0000806. The maximum Gasteiger partial charge on any atom is 0.331 e. The number of ether oxygens (including phenoxy) is 2. The second-order valence-electron chi connectivity index (χ2n) is 4.58. The van der Waals surface area contributed by atoms with E-state index in [1.807, 2.05) is 0 Å². The summed E-state index contributed by atoms with van der Waals surface area (Å²) in [6, 6.07) is 6.84. The fourth-order valence-electron chi connectivity index (χ4n) is 1.59. The van der Waals surface area contributed by atoms with Gasteiger partial charge in [-0.25, -0.2) is 9.59 Å². The zero-order chi connectivity index (χ0) is 16.5. The molecule has 0 aliphatic carbocycles. The molecule has 6 heteroatoms. The smallest absolute Gasteiger partial charge is 0.331 e. The number of hydrogen-bond acceptors (Lipinski definition) is 6. The number of esters is 2. The van der Waals surface area contributed by atoms with Crippen LogP contribution in [0.25, 0.3) is 12.2 Å². The third-order valence-corrected chi connectivity index (χ3v) is 2.63. The second kappa shape index (κ2) is 8.43. The van der Waals surface area contributed by atoms with E-state index in [9.17, 15) is 9.59 Å². The lowest BCUT2D eigenvalue weighted by molar-refractivity contribution is -0.151. The lowest BCUT2D eigenvalue weighted by atomic mass is 10.4. The lowest BCUT2D eigenvalue weighted by Crippen LogP contribution is -2.20. The van der Waals surface area contributed by atoms with Crippen LogP contribution < -0.4 is 0 Å². The van der Waals surface area contributed by atoms with Gasteiger partial charge in [0.25, 0.3) is 0 Å². The van der Waals surface area contributed by atoms with Crippen molar-refractivity contribution in [3.63, 3.8) is 0 Å². The van der Waals surface area contributed by atoms with E-state index in [1.165, 1.54) is 36.8 Å². The Morgan fingerprint density at radius 3 is 2.13 bits per heavy atom. The summed E-state index contributed by atoms with van der Waals surface area (Å²) in [5.41, 5.74) is 0. The highest BCUT2D eigenvalue weighted by molar-refractivity contribution is 5.87. The summed E-state index contributed by atoms with van der Waals surface area (Å²) in [7, 11) is 0.